The van der Waals surface area contributed by atoms with Gasteiger partial charge in [-0.05, 0) is 50.3 Å². The first-order chi connectivity index (χ1) is 14.6. The quantitative estimate of drug-likeness (QED) is 0.654. The maximum Gasteiger partial charge on any atom is 0.253 e. The third-order valence-corrected chi connectivity index (χ3v) is 5.53. The number of nitrogens with zero attached hydrogens (tertiary/aromatic N) is 4. The molecule has 2 heterocycles. The number of rotatable bonds is 8. The first-order valence-electron chi connectivity index (χ1n) is 10.8. The third-order valence-electron chi connectivity index (χ3n) is 5.53. The summed E-state index contributed by atoms with van der Waals surface area (Å²) in [5.74, 6) is 1.49. The van der Waals surface area contributed by atoms with Crippen LogP contribution in [0.5, 0.6) is 0 Å². The Morgan fingerprint density at radius 2 is 2.07 bits per heavy atom. The molecule has 1 amide bonds. The number of aliphatic hydroxyl groups excluding tert-OH is 1. The van der Waals surface area contributed by atoms with Crippen LogP contribution in [0.15, 0.2) is 36.4 Å². The van der Waals surface area contributed by atoms with Gasteiger partial charge < -0.3 is 15.3 Å². The summed E-state index contributed by atoms with van der Waals surface area (Å²) in [5.41, 5.74) is 2.64. The molecule has 2 N–H and O–H groups in total. The largest absolute Gasteiger partial charge is 0.373 e. The van der Waals surface area contributed by atoms with E-state index in [2.05, 4.69) is 28.4 Å². The number of hydrogen-bond acceptors (Lipinski definition) is 5. The van der Waals surface area contributed by atoms with E-state index in [-0.39, 0.29) is 5.91 Å². The van der Waals surface area contributed by atoms with E-state index in [9.17, 15) is 9.90 Å². The number of benzene rings is 1. The van der Waals surface area contributed by atoms with Gasteiger partial charge in [0.05, 0.1) is 0 Å². The first-order valence-corrected chi connectivity index (χ1v) is 10.8. The van der Waals surface area contributed by atoms with E-state index < -0.39 is 6.23 Å². The van der Waals surface area contributed by atoms with Gasteiger partial charge in [-0.3, -0.25) is 4.79 Å². The lowest BCUT2D eigenvalue weighted by molar-refractivity contribution is 0.0764. The summed E-state index contributed by atoms with van der Waals surface area (Å²) in [6.07, 6.45) is 9.20. The molecule has 1 aromatic heterocycles. The van der Waals surface area contributed by atoms with E-state index in [4.69, 9.17) is 0 Å². The molecule has 0 radical (unpaired) electrons. The minimum Gasteiger partial charge on any atom is -0.373 e. The molecular formula is C23H29N5O2. The lowest BCUT2D eigenvalue weighted by Gasteiger charge is -2.20. The number of carbonyl (C=O) groups excluding carboxylic acids is 1. The van der Waals surface area contributed by atoms with Crippen LogP contribution < -0.4 is 5.32 Å². The average molecular weight is 408 g/mol. The Hall–Kier alpha value is -2.93. The van der Waals surface area contributed by atoms with Gasteiger partial charge in [-0.1, -0.05) is 31.2 Å². The number of allylic oxidation sites excluding steroid dienone is 2. The molecule has 1 fully saturated rings. The predicted molar refractivity (Wildman–Crippen MR) is 118 cm³/mol. The van der Waals surface area contributed by atoms with E-state index in [0.29, 0.717) is 24.0 Å². The highest BCUT2D eigenvalue weighted by atomic mass is 16.3. The fourth-order valence-electron chi connectivity index (χ4n) is 3.67. The molecule has 1 unspecified atom stereocenters. The van der Waals surface area contributed by atoms with Crippen LogP contribution in [0.1, 0.15) is 61.3 Å². The summed E-state index contributed by atoms with van der Waals surface area (Å²) >= 11 is 0. The van der Waals surface area contributed by atoms with Gasteiger partial charge in [0.1, 0.15) is 6.23 Å². The van der Waals surface area contributed by atoms with E-state index in [1.54, 1.807) is 4.68 Å². The number of aromatic nitrogens is 3. The molecule has 7 heteroatoms. The van der Waals surface area contributed by atoms with Crippen LogP contribution in [0.25, 0.3) is 11.8 Å². The van der Waals surface area contributed by atoms with Crippen molar-refractivity contribution in [3.63, 3.8) is 0 Å². The minimum atomic E-state index is -0.608. The molecule has 0 saturated heterocycles. The SMILES string of the molecule is CCCN(CC)C(=O)c1ccc(C2=CCC=Cn3nc(NC(O)C4CC4)nc32)cc1. The van der Waals surface area contributed by atoms with Crippen molar-refractivity contribution in [3.8, 4) is 0 Å². The summed E-state index contributed by atoms with van der Waals surface area (Å²) in [6.45, 7) is 5.55. The van der Waals surface area contributed by atoms with Crippen molar-refractivity contribution in [1.82, 2.24) is 19.7 Å². The average Bonchev–Trinajstić information content (AvgIpc) is 3.57. The van der Waals surface area contributed by atoms with Crippen LogP contribution >= 0.6 is 0 Å². The minimum absolute atomic E-state index is 0.0612. The molecular weight excluding hydrogens is 378 g/mol. The number of aliphatic hydroxyl groups is 1. The Labute approximate surface area is 177 Å². The van der Waals surface area contributed by atoms with Crippen molar-refractivity contribution < 1.29 is 9.90 Å². The smallest absolute Gasteiger partial charge is 0.253 e. The van der Waals surface area contributed by atoms with Crippen LogP contribution in [0.4, 0.5) is 5.95 Å². The van der Waals surface area contributed by atoms with E-state index in [1.807, 2.05) is 48.4 Å². The van der Waals surface area contributed by atoms with Crippen LogP contribution in [0, 0.1) is 5.92 Å². The van der Waals surface area contributed by atoms with Gasteiger partial charge in [0.25, 0.3) is 5.91 Å². The van der Waals surface area contributed by atoms with E-state index >= 15 is 0 Å². The normalized spacial score (nSPS) is 16.4. The second-order valence-electron chi connectivity index (χ2n) is 7.83. The van der Waals surface area contributed by atoms with Crippen molar-refractivity contribution in [2.75, 3.05) is 18.4 Å². The van der Waals surface area contributed by atoms with Gasteiger partial charge in [0.2, 0.25) is 5.95 Å². The molecule has 7 nitrogen and oxygen atoms in total. The Bertz CT molecular complexity index is 956. The van der Waals surface area contributed by atoms with E-state index in [1.165, 1.54) is 0 Å². The number of amides is 1. The molecule has 1 atom stereocenters. The maximum absolute atomic E-state index is 12.7. The van der Waals surface area contributed by atoms with Crippen molar-refractivity contribution in [1.29, 1.82) is 0 Å². The summed E-state index contributed by atoms with van der Waals surface area (Å²) in [6, 6.07) is 7.70. The Balaban J connectivity index is 1.56. The van der Waals surface area contributed by atoms with Gasteiger partial charge in [-0.15, -0.1) is 5.10 Å². The molecule has 4 rings (SSSR count). The standard InChI is InChI=1S/C23H29N5O2/c1-3-14-27(4-2)22(30)18-12-8-16(9-13-18)19-7-5-6-15-28-20(19)24-23(26-28)25-21(29)17-10-11-17/h6-9,12-13,15,17,21,29H,3-5,10-11,14H2,1-2H3,(H,25,26). The zero-order chi connectivity index (χ0) is 21.1. The highest BCUT2D eigenvalue weighted by Crippen LogP contribution is 2.33. The monoisotopic (exact) mass is 407 g/mol. The van der Waals surface area contributed by atoms with Crippen LogP contribution in [-0.2, 0) is 0 Å². The summed E-state index contributed by atoms with van der Waals surface area (Å²) in [4.78, 5) is 19.2. The number of carbonyl (C=O) groups is 1. The van der Waals surface area contributed by atoms with Crippen molar-refractivity contribution >= 4 is 23.6 Å². The topological polar surface area (TPSA) is 83.3 Å². The number of anilines is 1. The van der Waals surface area contributed by atoms with Crippen molar-refractivity contribution in [2.45, 2.75) is 45.8 Å². The van der Waals surface area contributed by atoms with Crippen molar-refractivity contribution in [2.24, 2.45) is 5.92 Å². The number of hydrogen-bond donors (Lipinski definition) is 2. The molecule has 1 aromatic carbocycles. The number of nitrogens with one attached hydrogen (secondary N) is 1. The first kappa shape index (κ1) is 20.3. The molecule has 158 valence electrons. The van der Waals surface area contributed by atoms with E-state index in [0.717, 1.165) is 49.2 Å². The fraction of sp³-hybridized carbons (Fsp3) is 0.435. The van der Waals surface area contributed by atoms with Crippen LogP contribution in [0.2, 0.25) is 0 Å². The highest BCUT2D eigenvalue weighted by Gasteiger charge is 2.30. The van der Waals surface area contributed by atoms with Crippen LogP contribution in [0.3, 0.4) is 0 Å². The Morgan fingerprint density at radius 1 is 1.30 bits per heavy atom. The lowest BCUT2D eigenvalue weighted by Crippen LogP contribution is -2.31. The van der Waals surface area contributed by atoms with Gasteiger partial charge in [-0.25, -0.2) is 4.68 Å². The second kappa shape index (κ2) is 8.83. The molecule has 1 saturated carbocycles. The van der Waals surface area contributed by atoms with Gasteiger partial charge in [-0.2, -0.15) is 4.98 Å². The van der Waals surface area contributed by atoms with Crippen LogP contribution in [-0.4, -0.2) is 50.0 Å². The molecule has 0 spiro atoms. The van der Waals surface area contributed by atoms with Gasteiger partial charge in [0, 0.05) is 36.3 Å². The second-order valence-corrected chi connectivity index (χ2v) is 7.83. The molecule has 0 bridgehead atoms. The number of fused-ring (bicyclic) bond motifs is 1. The molecule has 30 heavy (non-hydrogen) atoms. The summed E-state index contributed by atoms with van der Waals surface area (Å²) in [7, 11) is 0. The lowest BCUT2D eigenvalue weighted by atomic mass is 10.0. The van der Waals surface area contributed by atoms with Gasteiger partial charge in [0.15, 0.2) is 5.82 Å². The fourth-order valence-corrected chi connectivity index (χ4v) is 3.67. The molecule has 1 aliphatic carbocycles. The zero-order valence-electron chi connectivity index (χ0n) is 17.6. The maximum atomic E-state index is 12.7. The summed E-state index contributed by atoms with van der Waals surface area (Å²) in [5, 5.41) is 17.7. The molecule has 2 aliphatic rings. The van der Waals surface area contributed by atoms with Crippen molar-refractivity contribution in [3.05, 3.63) is 53.4 Å². The third kappa shape index (κ3) is 4.31. The molecule has 1 aliphatic heterocycles. The zero-order valence-corrected chi connectivity index (χ0v) is 17.6. The highest BCUT2D eigenvalue weighted by molar-refractivity contribution is 5.94. The molecule has 2 aromatic rings. The Kier molecular flexibility index (Phi) is 5.99. The summed E-state index contributed by atoms with van der Waals surface area (Å²) < 4.78 is 1.74. The predicted octanol–water partition coefficient (Wildman–Crippen LogP) is 3.60. The Morgan fingerprint density at radius 3 is 2.73 bits per heavy atom. The van der Waals surface area contributed by atoms with Gasteiger partial charge >= 0.3 is 0 Å².